The van der Waals surface area contributed by atoms with E-state index in [1.807, 2.05) is 12.1 Å². The quantitative estimate of drug-likeness (QED) is 0.887. The minimum absolute atomic E-state index is 0.229. The molecule has 0 fully saturated rings. The zero-order chi connectivity index (χ0) is 11.4. The molecule has 16 heavy (non-hydrogen) atoms. The van der Waals surface area contributed by atoms with Crippen molar-refractivity contribution >= 4 is 11.8 Å². The fourth-order valence-corrected chi connectivity index (χ4v) is 2.13. The Bertz CT molecular complexity index is 488. The standard InChI is InChI=1S/C12H11FN2S/c13-10-3-1-2-4-11(10)16-12-7-9(8-14)5-6-15-12/h1-7H,8,14H2. The van der Waals surface area contributed by atoms with Crippen LogP contribution in [0.4, 0.5) is 4.39 Å². The fraction of sp³-hybridized carbons (Fsp3) is 0.0833. The summed E-state index contributed by atoms with van der Waals surface area (Å²) in [6.07, 6.45) is 1.69. The molecule has 2 nitrogen and oxygen atoms in total. The van der Waals surface area contributed by atoms with E-state index in [0.717, 1.165) is 10.6 Å². The molecule has 0 spiro atoms. The summed E-state index contributed by atoms with van der Waals surface area (Å²) in [4.78, 5) is 4.74. The lowest BCUT2D eigenvalue weighted by Gasteiger charge is -2.03. The van der Waals surface area contributed by atoms with Crippen LogP contribution < -0.4 is 5.73 Å². The van der Waals surface area contributed by atoms with Gasteiger partial charge in [-0.25, -0.2) is 9.37 Å². The lowest BCUT2D eigenvalue weighted by Crippen LogP contribution is -1.96. The molecular formula is C12H11FN2S. The van der Waals surface area contributed by atoms with Gasteiger partial charge in [-0.15, -0.1) is 0 Å². The minimum Gasteiger partial charge on any atom is -0.326 e. The van der Waals surface area contributed by atoms with Gasteiger partial charge in [-0.05, 0) is 29.8 Å². The molecule has 0 radical (unpaired) electrons. The van der Waals surface area contributed by atoms with Crippen LogP contribution in [0.1, 0.15) is 5.56 Å². The third kappa shape index (κ3) is 2.59. The van der Waals surface area contributed by atoms with Crippen LogP contribution in [0.5, 0.6) is 0 Å². The Morgan fingerprint density at radius 1 is 1.25 bits per heavy atom. The lowest BCUT2D eigenvalue weighted by atomic mass is 10.3. The van der Waals surface area contributed by atoms with Crippen molar-refractivity contribution in [2.45, 2.75) is 16.5 Å². The van der Waals surface area contributed by atoms with Crippen LogP contribution >= 0.6 is 11.8 Å². The first-order valence-corrected chi connectivity index (χ1v) is 5.68. The molecule has 0 bridgehead atoms. The summed E-state index contributed by atoms with van der Waals surface area (Å²) in [5, 5.41) is 0.757. The van der Waals surface area contributed by atoms with E-state index in [9.17, 15) is 4.39 Å². The smallest absolute Gasteiger partial charge is 0.137 e. The van der Waals surface area contributed by atoms with E-state index in [4.69, 9.17) is 5.73 Å². The van der Waals surface area contributed by atoms with Crippen molar-refractivity contribution in [2.75, 3.05) is 0 Å². The largest absolute Gasteiger partial charge is 0.326 e. The molecular weight excluding hydrogens is 223 g/mol. The van der Waals surface area contributed by atoms with Crippen LogP contribution in [0.15, 0.2) is 52.5 Å². The van der Waals surface area contributed by atoms with Gasteiger partial charge in [0.1, 0.15) is 10.8 Å². The highest BCUT2D eigenvalue weighted by Crippen LogP contribution is 2.28. The van der Waals surface area contributed by atoms with Gasteiger partial charge >= 0.3 is 0 Å². The summed E-state index contributed by atoms with van der Waals surface area (Å²) in [6.45, 7) is 0.466. The summed E-state index contributed by atoms with van der Waals surface area (Å²) < 4.78 is 13.4. The average molecular weight is 234 g/mol. The molecule has 0 amide bonds. The van der Waals surface area contributed by atoms with E-state index in [2.05, 4.69) is 4.98 Å². The van der Waals surface area contributed by atoms with Crippen molar-refractivity contribution in [1.29, 1.82) is 0 Å². The third-order valence-corrected chi connectivity index (χ3v) is 3.07. The van der Waals surface area contributed by atoms with E-state index in [-0.39, 0.29) is 5.82 Å². The number of hydrogen-bond acceptors (Lipinski definition) is 3. The Balaban J connectivity index is 2.24. The zero-order valence-corrected chi connectivity index (χ0v) is 9.38. The minimum atomic E-state index is -0.229. The Labute approximate surface area is 97.7 Å². The second-order valence-electron chi connectivity index (χ2n) is 3.24. The maximum atomic E-state index is 13.4. The third-order valence-electron chi connectivity index (χ3n) is 2.09. The van der Waals surface area contributed by atoms with Crippen LogP contribution in [-0.2, 0) is 6.54 Å². The molecule has 0 unspecified atom stereocenters. The summed E-state index contributed by atoms with van der Waals surface area (Å²) in [6, 6.07) is 10.4. The summed E-state index contributed by atoms with van der Waals surface area (Å²) in [7, 11) is 0. The number of rotatable bonds is 3. The topological polar surface area (TPSA) is 38.9 Å². The first kappa shape index (κ1) is 11.1. The van der Waals surface area contributed by atoms with Crippen LogP contribution in [0, 0.1) is 5.82 Å². The molecule has 0 aliphatic carbocycles. The second-order valence-corrected chi connectivity index (χ2v) is 4.30. The van der Waals surface area contributed by atoms with E-state index < -0.39 is 0 Å². The van der Waals surface area contributed by atoms with Crippen molar-refractivity contribution in [2.24, 2.45) is 5.73 Å². The molecule has 0 saturated heterocycles. The Morgan fingerprint density at radius 3 is 2.81 bits per heavy atom. The monoisotopic (exact) mass is 234 g/mol. The maximum absolute atomic E-state index is 13.4. The molecule has 2 aromatic rings. The van der Waals surface area contributed by atoms with Crippen molar-refractivity contribution in [3.8, 4) is 0 Å². The molecule has 0 saturated carbocycles. The van der Waals surface area contributed by atoms with Crippen LogP contribution in [0.2, 0.25) is 0 Å². The SMILES string of the molecule is NCc1ccnc(Sc2ccccc2F)c1. The van der Waals surface area contributed by atoms with Gasteiger partial charge in [0.15, 0.2) is 0 Å². The molecule has 4 heteroatoms. The average Bonchev–Trinajstić information content (AvgIpc) is 2.32. The van der Waals surface area contributed by atoms with E-state index in [1.54, 1.807) is 24.4 Å². The lowest BCUT2D eigenvalue weighted by molar-refractivity contribution is 0.602. The second kappa shape index (κ2) is 5.09. The number of nitrogens with two attached hydrogens (primary N) is 1. The van der Waals surface area contributed by atoms with Gasteiger partial charge in [0.2, 0.25) is 0 Å². The van der Waals surface area contributed by atoms with E-state index in [0.29, 0.717) is 11.4 Å². The predicted molar refractivity (Wildman–Crippen MR) is 62.7 cm³/mol. The molecule has 82 valence electrons. The molecule has 0 aliphatic heterocycles. The molecule has 2 N–H and O–H groups in total. The van der Waals surface area contributed by atoms with Gasteiger partial charge in [0, 0.05) is 17.6 Å². The van der Waals surface area contributed by atoms with Crippen LogP contribution in [0.25, 0.3) is 0 Å². The first-order valence-electron chi connectivity index (χ1n) is 4.87. The number of nitrogens with zero attached hydrogens (tertiary/aromatic N) is 1. The number of halogens is 1. The van der Waals surface area contributed by atoms with Gasteiger partial charge in [0.25, 0.3) is 0 Å². The van der Waals surface area contributed by atoms with Gasteiger partial charge in [0.05, 0.1) is 0 Å². The molecule has 1 aromatic heterocycles. The van der Waals surface area contributed by atoms with Crippen molar-refractivity contribution < 1.29 is 4.39 Å². The van der Waals surface area contributed by atoms with Crippen LogP contribution in [-0.4, -0.2) is 4.98 Å². The Kier molecular flexibility index (Phi) is 3.54. The van der Waals surface area contributed by atoms with Gasteiger partial charge in [-0.3, -0.25) is 0 Å². The van der Waals surface area contributed by atoms with Gasteiger partial charge in [-0.1, -0.05) is 23.9 Å². The molecule has 2 rings (SSSR count). The highest BCUT2D eigenvalue weighted by molar-refractivity contribution is 7.99. The molecule has 1 heterocycles. The highest BCUT2D eigenvalue weighted by atomic mass is 32.2. The van der Waals surface area contributed by atoms with E-state index >= 15 is 0 Å². The number of hydrogen-bond donors (Lipinski definition) is 1. The summed E-state index contributed by atoms with van der Waals surface area (Å²) in [5.41, 5.74) is 6.53. The fourth-order valence-electron chi connectivity index (χ4n) is 1.27. The molecule has 0 aliphatic rings. The normalized spacial score (nSPS) is 10.4. The van der Waals surface area contributed by atoms with Gasteiger partial charge < -0.3 is 5.73 Å². The van der Waals surface area contributed by atoms with Gasteiger partial charge in [-0.2, -0.15) is 0 Å². The Hall–Kier alpha value is -1.39. The number of benzene rings is 1. The summed E-state index contributed by atoms with van der Waals surface area (Å²) >= 11 is 1.30. The maximum Gasteiger partial charge on any atom is 0.137 e. The molecule has 0 atom stereocenters. The summed E-state index contributed by atoms with van der Waals surface area (Å²) in [5.74, 6) is -0.229. The predicted octanol–water partition coefficient (Wildman–Crippen LogP) is 2.83. The first-order chi connectivity index (χ1) is 7.79. The highest BCUT2D eigenvalue weighted by Gasteiger charge is 2.04. The number of aromatic nitrogens is 1. The zero-order valence-electron chi connectivity index (χ0n) is 8.56. The van der Waals surface area contributed by atoms with Crippen molar-refractivity contribution in [3.05, 3.63) is 54.0 Å². The Morgan fingerprint density at radius 2 is 2.06 bits per heavy atom. The van der Waals surface area contributed by atoms with Crippen molar-refractivity contribution in [3.63, 3.8) is 0 Å². The number of pyridine rings is 1. The van der Waals surface area contributed by atoms with Crippen molar-refractivity contribution in [1.82, 2.24) is 4.98 Å². The molecule has 1 aromatic carbocycles. The van der Waals surface area contributed by atoms with E-state index in [1.165, 1.54) is 17.8 Å². The van der Waals surface area contributed by atoms with Crippen LogP contribution in [0.3, 0.4) is 0 Å².